The molecule has 2 amide bonds. The molecule has 3 fully saturated rings. The molecule has 2 bridgehead atoms. The molecule has 0 aromatic heterocycles. The lowest BCUT2D eigenvalue weighted by atomic mass is 9.89. The number of methoxy groups -OCH3 is 1. The summed E-state index contributed by atoms with van der Waals surface area (Å²) in [7, 11) is 1.62. The van der Waals surface area contributed by atoms with Crippen LogP contribution in [-0.4, -0.2) is 86.7 Å². The molecule has 0 aliphatic carbocycles. The summed E-state index contributed by atoms with van der Waals surface area (Å²) in [5, 5.41) is 6.48. The smallest absolute Gasteiger partial charge is 0.234 e. The highest BCUT2D eigenvalue weighted by atomic mass is 16.5. The fourth-order valence-electron chi connectivity index (χ4n) is 4.42. The summed E-state index contributed by atoms with van der Waals surface area (Å²) < 4.78 is 4.93. The van der Waals surface area contributed by atoms with E-state index in [0.717, 1.165) is 39.0 Å². The summed E-state index contributed by atoms with van der Waals surface area (Å²) in [6, 6.07) is 1.29. The topological polar surface area (TPSA) is 73.9 Å². The number of amides is 2. The van der Waals surface area contributed by atoms with Crippen molar-refractivity contribution in [3.8, 4) is 0 Å². The standard InChI is InChI=1S/C18H32N4O3/c1-25-9-4-19-17(23)13-21-5-7-22(8-6-21)18(24)12-14-10-15-2-3-16(11-14)20-15/h14-16,20H,2-13H2,1H3,(H,19,23). The van der Waals surface area contributed by atoms with Gasteiger partial charge in [0, 0.05) is 58.3 Å². The zero-order valence-corrected chi connectivity index (χ0v) is 15.3. The Morgan fingerprint density at radius 3 is 2.44 bits per heavy atom. The molecule has 3 saturated heterocycles. The number of nitrogens with one attached hydrogen (secondary N) is 2. The van der Waals surface area contributed by atoms with Crippen molar-refractivity contribution < 1.29 is 14.3 Å². The monoisotopic (exact) mass is 352 g/mol. The molecule has 7 nitrogen and oxygen atoms in total. The van der Waals surface area contributed by atoms with Gasteiger partial charge in [0.05, 0.1) is 13.2 Å². The number of piperazine rings is 1. The van der Waals surface area contributed by atoms with Crippen molar-refractivity contribution in [3.05, 3.63) is 0 Å². The summed E-state index contributed by atoms with van der Waals surface area (Å²) in [6.07, 6.45) is 5.57. The molecule has 0 radical (unpaired) electrons. The summed E-state index contributed by atoms with van der Waals surface area (Å²) in [5.74, 6) is 0.883. The molecule has 3 aliphatic rings. The van der Waals surface area contributed by atoms with Crippen molar-refractivity contribution in [1.82, 2.24) is 20.4 Å². The molecule has 25 heavy (non-hydrogen) atoms. The molecular weight excluding hydrogens is 320 g/mol. The van der Waals surface area contributed by atoms with Crippen molar-refractivity contribution in [2.75, 3.05) is 53.0 Å². The van der Waals surface area contributed by atoms with Crippen LogP contribution in [0.3, 0.4) is 0 Å². The lowest BCUT2D eigenvalue weighted by Crippen LogP contribution is -2.51. The average molecular weight is 352 g/mol. The molecule has 3 rings (SSSR count). The van der Waals surface area contributed by atoms with Crippen LogP contribution in [0.5, 0.6) is 0 Å². The molecule has 3 aliphatic heterocycles. The lowest BCUT2D eigenvalue weighted by Gasteiger charge is -2.36. The minimum Gasteiger partial charge on any atom is -0.383 e. The van der Waals surface area contributed by atoms with Gasteiger partial charge >= 0.3 is 0 Å². The van der Waals surface area contributed by atoms with Crippen LogP contribution in [0.4, 0.5) is 0 Å². The van der Waals surface area contributed by atoms with Gasteiger partial charge in [-0.2, -0.15) is 0 Å². The minimum absolute atomic E-state index is 0.0296. The quantitative estimate of drug-likeness (QED) is 0.622. The van der Waals surface area contributed by atoms with Crippen molar-refractivity contribution in [2.45, 2.75) is 44.2 Å². The van der Waals surface area contributed by atoms with Crippen LogP contribution in [0, 0.1) is 5.92 Å². The lowest BCUT2D eigenvalue weighted by molar-refractivity contribution is -0.134. The fraction of sp³-hybridized carbons (Fsp3) is 0.889. The Bertz CT molecular complexity index is 453. The number of hydrogen-bond acceptors (Lipinski definition) is 5. The van der Waals surface area contributed by atoms with Crippen molar-refractivity contribution >= 4 is 11.8 Å². The number of nitrogens with zero attached hydrogens (tertiary/aromatic N) is 2. The highest BCUT2D eigenvalue weighted by molar-refractivity contribution is 5.78. The van der Waals surface area contributed by atoms with E-state index in [4.69, 9.17) is 4.74 Å². The van der Waals surface area contributed by atoms with Gasteiger partial charge in [0.1, 0.15) is 0 Å². The Labute approximate surface area is 150 Å². The zero-order chi connectivity index (χ0) is 17.6. The van der Waals surface area contributed by atoms with Crippen LogP contribution in [0.1, 0.15) is 32.1 Å². The number of rotatable bonds is 7. The van der Waals surface area contributed by atoms with Crippen LogP contribution < -0.4 is 10.6 Å². The third kappa shape index (κ3) is 5.39. The van der Waals surface area contributed by atoms with Gasteiger partial charge in [-0.1, -0.05) is 0 Å². The first kappa shape index (κ1) is 18.6. The Kier molecular flexibility index (Phi) is 6.67. The van der Waals surface area contributed by atoms with Gasteiger partial charge in [-0.3, -0.25) is 14.5 Å². The third-order valence-corrected chi connectivity index (χ3v) is 5.75. The van der Waals surface area contributed by atoms with E-state index in [-0.39, 0.29) is 5.91 Å². The van der Waals surface area contributed by atoms with Crippen LogP contribution in [0.2, 0.25) is 0 Å². The molecule has 2 N–H and O–H groups in total. The molecule has 2 atom stereocenters. The molecular formula is C18H32N4O3. The van der Waals surface area contributed by atoms with Crippen LogP contribution in [-0.2, 0) is 14.3 Å². The SMILES string of the molecule is COCCNC(=O)CN1CCN(C(=O)CC2CC3CCC(C2)N3)CC1. The van der Waals surface area contributed by atoms with E-state index in [9.17, 15) is 9.59 Å². The van der Waals surface area contributed by atoms with Crippen molar-refractivity contribution in [1.29, 1.82) is 0 Å². The van der Waals surface area contributed by atoms with E-state index in [1.165, 1.54) is 12.8 Å². The number of hydrogen-bond donors (Lipinski definition) is 2. The zero-order valence-electron chi connectivity index (χ0n) is 15.3. The van der Waals surface area contributed by atoms with Gasteiger partial charge in [0.2, 0.25) is 11.8 Å². The number of piperidine rings is 1. The van der Waals surface area contributed by atoms with E-state index in [1.54, 1.807) is 7.11 Å². The van der Waals surface area contributed by atoms with Crippen molar-refractivity contribution in [3.63, 3.8) is 0 Å². The van der Waals surface area contributed by atoms with Gasteiger partial charge in [-0.05, 0) is 31.6 Å². The van der Waals surface area contributed by atoms with Crippen LogP contribution in [0.15, 0.2) is 0 Å². The summed E-state index contributed by atoms with van der Waals surface area (Å²) in [5.41, 5.74) is 0. The molecule has 3 heterocycles. The number of fused-ring (bicyclic) bond motifs is 2. The van der Waals surface area contributed by atoms with Crippen LogP contribution >= 0.6 is 0 Å². The fourth-order valence-corrected chi connectivity index (χ4v) is 4.42. The first-order valence-corrected chi connectivity index (χ1v) is 9.66. The normalized spacial score (nSPS) is 29.6. The third-order valence-electron chi connectivity index (χ3n) is 5.75. The molecule has 0 saturated carbocycles. The Balaban J connectivity index is 1.34. The molecule has 0 spiro atoms. The highest BCUT2D eigenvalue weighted by Gasteiger charge is 2.35. The predicted molar refractivity (Wildman–Crippen MR) is 95.2 cm³/mol. The Hall–Kier alpha value is -1.18. The molecule has 0 aromatic rings. The average Bonchev–Trinajstić information content (AvgIpc) is 2.94. The maximum Gasteiger partial charge on any atom is 0.234 e. The Morgan fingerprint density at radius 1 is 1.12 bits per heavy atom. The molecule has 0 aromatic carbocycles. The second kappa shape index (κ2) is 8.96. The molecule has 2 unspecified atom stereocenters. The maximum atomic E-state index is 12.6. The summed E-state index contributed by atoms with van der Waals surface area (Å²) in [4.78, 5) is 28.5. The Morgan fingerprint density at radius 2 is 1.80 bits per heavy atom. The predicted octanol–water partition coefficient (Wildman–Crippen LogP) is -0.186. The summed E-state index contributed by atoms with van der Waals surface area (Å²) in [6.45, 7) is 4.52. The first-order valence-electron chi connectivity index (χ1n) is 9.66. The van der Waals surface area contributed by atoms with Gasteiger partial charge in [-0.15, -0.1) is 0 Å². The van der Waals surface area contributed by atoms with E-state index in [0.29, 0.717) is 50.0 Å². The number of carbonyl (C=O) groups excluding carboxylic acids is 2. The molecule has 142 valence electrons. The highest BCUT2D eigenvalue weighted by Crippen LogP contribution is 2.33. The second-order valence-electron chi connectivity index (χ2n) is 7.68. The summed E-state index contributed by atoms with van der Waals surface area (Å²) >= 11 is 0. The minimum atomic E-state index is 0.0296. The van der Waals surface area contributed by atoms with Gasteiger partial charge in [-0.25, -0.2) is 0 Å². The van der Waals surface area contributed by atoms with E-state index >= 15 is 0 Å². The molecule has 7 heteroatoms. The van der Waals surface area contributed by atoms with Gasteiger partial charge < -0.3 is 20.3 Å². The van der Waals surface area contributed by atoms with Gasteiger partial charge in [0.15, 0.2) is 0 Å². The van der Waals surface area contributed by atoms with Crippen molar-refractivity contribution in [2.24, 2.45) is 5.92 Å². The van der Waals surface area contributed by atoms with E-state index in [1.807, 2.05) is 4.90 Å². The van der Waals surface area contributed by atoms with E-state index in [2.05, 4.69) is 15.5 Å². The largest absolute Gasteiger partial charge is 0.383 e. The van der Waals surface area contributed by atoms with Crippen LogP contribution in [0.25, 0.3) is 0 Å². The van der Waals surface area contributed by atoms with Gasteiger partial charge in [0.25, 0.3) is 0 Å². The second-order valence-corrected chi connectivity index (χ2v) is 7.68. The van der Waals surface area contributed by atoms with E-state index < -0.39 is 0 Å². The number of ether oxygens (including phenoxy) is 1. The maximum absolute atomic E-state index is 12.6. The first-order chi connectivity index (χ1) is 12.1. The number of carbonyl (C=O) groups is 2.